The molecule has 0 bridgehead atoms. The van der Waals surface area contributed by atoms with Crippen LogP contribution >= 0.6 is 11.6 Å². The zero-order valence-corrected chi connectivity index (χ0v) is 15.7. The van der Waals surface area contributed by atoms with Gasteiger partial charge in [-0.25, -0.2) is 4.79 Å². The van der Waals surface area contributed by atoms with Gasteiger partial charge in [0.05, 0.1) is 0 Å². The first-order chi connectivity index (χ1) is 12.4. The summed E-state index contributed by atoms with van der Waals surface area (Å²) in [5, 5.41) is 0.510. The monoisotopic (exact) mass is 378 g/mol. The minimum atomic E-state index is -0.668. The van der Waals surface area contributed by atoms with Crippen molar-refractivity contribution in [2.75, 3.05) is 17.2 Å². The number of benzene rings is 1. The van der Waals surface area contributed by atoms with Crippen LogP contribution in [0.4, 0.5) is 11.5 Å². The predicted molar refractivity (Wildman–Crippen MR) is 104 cm³/mol. The van der Waals surface area contributed by atoms with Crippen molar-refractivity contribution in [3.05, 3.63) is 55.7 Å². The lowest BCUT2D eigenvalue weighted by Gasteiger charge is -2.24. The van der Waals surface area contributed by atoms with E-state index in [0.29, 0.717) is 36.5 Å². The van der Waals surface area contributed by atoms with Crippen LogP contribution < -0.4 is 21.9 Å². The van der Waals surface area contributed by atoms with E-state index in [-0.39, 0.29) is 17.4 Å². The second kappa shape index (κ2) is 8.71. The van der Waals surface area contributed by atoms with Crippen LogP contribution in [-0.2, 0) is 6.54 Å². The molecular weight excluding hydrogens is 356 g/mol. The van der Waals surface area contributed by atoms with Crippen molar-refractivity contribution in [3.8, 4) is 0 Å². The van der Waals surface area contributed by atoms with E-state index >= 15 is 0 Å². The van der Waals surface area contributed by atoms with Crippen LogP contribution in [0.3, 0.4) is 0 Å². The van der Waals surface area contributed by atoms with Gasteiger partial charge in [-0.05, 0) is 37.1 Å². The standard InChI is InChI=1S/C18H23ClN4O3/c1-3-5-11-22(17(25)12-6-8-13(19)9-7-12)14-15(20)23(10-4-2)18(26)21-16(14)24/h6-9H,3-5,10-11,20H2,1-2H3,(H,21,24,26). The molecule has 0 radical (unpaired) electrons. The number of nitrogens with one attached hydrogen (secondary N) is 1. The molecule has 0 fully saturated rings. The summed E-state index contributed by atoms with van der Waals surface area (Å²) >= 11 is 5.88. The van der Waals surface area contributed by atoms with Gasteiger partial charge < -0.3 is 10.6 Å². The summed E-state index contributed by atoms with van der Waals surface area (Å²) in [6.07, 6.45) is 2.18. The van der Waals surface area contributed by atoms with Gasteiger partial charge in [0, 0.05) is 23.7 Å². The fraction of sp³-hybridized carbons (Fsp3) is 0.389. The highest BCUT2D eigenvalue weighted by atomic mass is 35.5. The molecule has 8 heteroatoms. The molecule has 0 aliphatic carbocycles. The average molecular weight is 379 g/mol. The molecular formula is C18H23ClN4O3. The minimum Gasteiger partial charge on any atom is -0.383 e. The van der Waals surface area contributed by atoms with E-state index in [2.05, 4.69) is 4.98 Å². The van der Waals surface area contributed by atoms with Crippen LogP contribution in [0.25, 0.3) is 0 Å². The SMILES string of the molecule is CCCCN(C(=O)c1ccc(Cl)cc1)c1c(N)n(CCC)c(=O)[nH]c1=O. The Bertz CT molecular complexity index is 887. The topological polar surface area (TPSA) is 101 Å². The highest BCUT2D eigenvalue weighted by molar-refractivity contribution is 6.30. The van der Waals surface area contributed by atoms with Crippen LogP contribution in [0.2, 0.25) is 5.02 Å². The van der Waals surface area contributed by atoms with Gasteiger partial charge in [-0.2, -0.15) is 0 Å². The Labute approximate surface area is 156 Å². The van der Waals surface area contributed by atoms with Crippen LogP contribution in [0.1, 0.15) is 43.5 Å². The van der Waals surface area contributed by atoms with Gasteiger partial charge in [0.2, 0.25) is 0 Å². The number of halogens is 1. The van der Waals surface area contributed by atoms with E-state index in [1.807, 2.05) is 13.8 Å². The molecule has 26 heavy (non-hydrogen) atoms. The maximum absolute atomic E-state index is 13.0. The number of anilines is 2. The molecule has 1 heterocycles. The van der Waals surface area contributed by atoms with Crippen LogP contribution in [0.5, 0.6) is 0 Å². The molecule has 0 unspecified atom stereocenters. The number of carbonyl (C=O) groups excluding carboxylic acids is 1. The molecule has 0 aliphatic heterocycles. The zero-order chi connectivity index (χ0) is 19.3. The molecule has 1 aromatic heterocycles. The first-order valence-electron chi connectivity index (χ1n) is 8.60. The smallest absolute Gasteiger partial charge is 0.330 e. The van der Waals surface area contributed by atoms with Gasteiger partial charge in [0.25, 0.3) is 11.5 Å². The first kappa shape index (κ1) is 19.8. The highest BCUT2D eigenvalue weighted by Gasteiger charge is 2.24. The fourth-order valence-corrected chi connectivity index (χ4v) is 2.79. The second-order valence-electron chi connectivity index (χ2n) is 5.96. The van der Waals surface area contributed by atoms with E-state index in [4.69, 9.17) is 17.3 Å². The first-order valence-corrected chi connectivity index (χ1v) is 8.98. The highest BCUT2D eigenvalue weighted by Crippen LogP contribution is 2.21. The van der Waals surface area contributed by atoms with Gasteiger partial charge in [-0.3, -0.25) is 19.1 Å². The van der Waals surface area contributed by atoms with Gasteiger partial charge in [-0.15, -0.1) is 0 Å². The number of aromatic nitrogens is 2. The number of hydrogen-bond donors (Lipinski definition) is 2. The number of hydrogen-bond acceptors (Lipinski definition) is 4. The van der Waals surface area contributed by atoms with Crippen molar-refractivity contribution in [1.82, 2.24) is 9.55 Å². The van der Waals surface area contributed by atoms with E-state index in [0.717, 1.165) is 6.42 Å². The van der Waals surface area contributed by atoms with Crippen molar-refractivity contribution in [1.29, 1.82) is 0 Å². The zero-order valence-electron chi connectivity index (χ0n) is 14.9. The van der Waals surface area contributed by atoms with E-state index in [1.165, 1.54) is 9.47 Å². The lowest BCUT2D eigenvalue weighted by atomic mass is 10.1. The lowest BCUT2D eigenvalue weighted by molar-refractivity contribution is 0.0986. The summed E-state index contributed by atoms with van der Waals surface area (Å²) in [5.74, 6) is -0.368. The van der Waals surface area contributed by atoms with Gasteiger partial charge in [-0.1, -0.05) is 31.9 Å². The number of nitrogen functional groups attached to an aromatic ring is 1. The Morgan fingerprint density at radius 2 is 1.85 bits per heavy atom. The van der Waals surface area contributed by atoms with Crippen molar-refractivity contribution in [2.24, 2.45) is 0 Å². The molecule has 1 amide bonds. The Morgan fingerprint density at radius 3 is 2.42 bits per heavy atom. The number of nitrogens with zero attached hydrogens (tertiary/aromatic N) is 2. The van der Waals surface area contributed by atoms with Crippen LogP contribution in [-0.4, -0.2) is 22.0 Å². The molecule has 0 aliphatic rings. The molecule has 2 aromatic rings. The fourth-order valence-electron chi connectivity index (χ4n) is 2.66. The Morgan fingerprint density at radius 1 is 1.19 bits per heavy atom. The lowest BCUT2D eigenvalue weighted by Crippen LogP contribution is -2.41. The van der Waals surface area contributed by atoms with Crippen LogP contribution in [0, 0.1) is 0 Å². The van der Waals surface area contributed by atoms with Crippen molar-refractivity contribution < 1.29 is 4.79 Å². The number of aromatic amines is 1. The normalized spacial score (nSPS) is 10.7. The number of carbonyl (C=O) groups is 1. The van der Waals surface area contributed by atoms with Gasteiger partial charge in [0.15, 0.2) is 5.69 Å². The molecule has 0 atom stereocenters. The van der Waals surface area contributed by atoms with E-state index < -0.39 is 11.2 Å². The molecule has 0 saturated heterocycles. The maximum atomic E-state index is 13.0. The van der Waals surface area contributed by atoms with Gasteiger partial charge >= 0.3 is 5.69 Å². The number of unbranched alkanes of at least 4 members (excludes halogenated alkanes) is 1. The van der Waals surface area contributed by atoms with E-state index in [9.17, 15) is 14.4 Å². The van der Waals surface area contributed by atoms with E-state index in [1.54, 1.807) is 24.3 Å². The van der Waals surface area contributed by atoms with Crippen molar-refractivity contribution in [2.45, 2.75) is 39.7 Å². The quantitative estimate of drug-likeness (QED) is 0.773. The second-order valence-corrected chi connectivity index (χ2v) is 6.40. The van der Waals surface area contributed by atoms with Gasteiger partial charge in [0.1, 0.15) is 5.82 Å². The molecule has 140 valence electrons. The third-order valence-electron chi connectivity index (χ3n) is 4.00. The third-order valence-corrected chi connectivity index (χ3v) is 4.25. The maximum Gasteiger partial charge on any atom is 0.330 e. The Balaban J connectivity index is 2.58. The molecule has 1 aromatic carbocycles. The third kappa shape index (κ3) is 4.16. The molecule has 0 spiro atoms. The van der Waals surface area contributed by atoms with Crippen molar-refractivity contribution in [3.63, 3.8) is 0 Å². The number of rotatable bonds is 7. The summed E-state index contributed by atoms with van der Waals surface area (Å²) in [6.45, 7) is 4.54. The number of amides is 1. The average Bonchev–Trinajstić information content (AvgIpc) is 2.61. The Kier molecular flexibility index (Phi) is 6.63. The molecule has 7 nitrogen and oxygen atoms in total. The number of H-pyrrole nitrogens is 1. The molecule has 2 rings (SSSR count). The largest absolute Gasteiger partial charge is 0.383 e. The van der Waals surface area contributed by atoms with Crippen molar-refractivity contribution >= 4 is 29.0 Å². The van der Waals surface area contributed by atoms with Crippen LogP contribution in [0.15, 0.2) is 33.9 Å². The molecule has 3 N–H and O–H groups in total. The summed E-state index contributed by atoms with van der Waals surface area (Å²) in [5.41, 5.74) is 5.26. The summed E-state index contributed by atoms with van der Waals surface area (Å²) in [4.78, 5) is 41.1. The minimum absolute atomic E-state index is 0.000911. The summed E-state index contributed by atoms with van der Waals surface area (Å²) in [6, 6.07) is 6.41. The number of nitrogens with two attached hydrogens (primary N) is 1. The summed E-state index contributed by atoms with van der Waals surface area (Å²) in [7, 11) is 0. The Hall–Kier alpha value is -2.54. The predicted octanol–water partition coefficient (Wildman–Crippen LogP) is 2.63. The molecule has 0 saturated carbocycles. The summed E-state index contributed by atoms with van der Waals surface area (Å²) < 4.78 is 1.28.